The molecule has 2 rings (SSSR count). The fraction of sp³-hybridized carbons (Fsp3) is 1.00. The third-order valence-corrected chi connectivity index (χ3v) is 4.53. The van der Waals surface area contributed by atoms with Crippen molar-refractivity contribution in [1.29, 1.82) is 0 Å². The predicted molar refractivity (Wildman–Crippen MR) is 51.5 cm³/mol. The Morgan fingerprint density at radius 1 is 1.43 bits per heavy atom. The summed E-state index contributed by atoms with van der Waals surface area (Å²) in [7, 11) is -3.38. The summed E-state index contributed by atoms with van der Waals surface area (Å²) < 4.78 is 33.6. The zero-order valence-electron chi connectivity index (χ0n) is 8.31. The second-order valence-electron chi connectivity index (χ2n) is 3.92. The summed E-state index contributed by atoms with van der Waals surface area (Å²) in [6, 6.07) is 0. The van der Waals surface area contributed by atoms with Crippen molar-refractivity contribution in [2.75, 3.05) is 6.61 Å². The van der Waals surface area contributed by atoms with E-state index in [4.69, 9.17) is 8.92 Å². The van der Waals surface area contributed by atoms with Crippen LogP contribution in [0.15, 0.2) is 0 Å². The molecule has 1 saturated carbocycles. The van der Waals surface area contributed by atoms with Gasteiger partial charge in [-0.25, -0.2) is 0 Å². The topological polar surface area (TPSA) is 55.9 Å². The van der Waals surface area contributed by atoms with Crippen LogP contribution in [0, 0.1) is 0 Å². The second-order valence-corrected chi connectivity index (χ2v) is 5.75. The Balaban J connectivity index is 1.99. The molecule has 0 N–H and O–H groups in total. The van der Waals surface area contributed by atoms with Gasteiger partial charge in [-0.05, 0) is 25.7 Å². The molecule has 3 atom stereocenters. The summed E-state index contributed by atoms with van der Waals surface area (Å²) in [5, 5.41) is -0.409. The summed E-state index contributed by atoms with van der Waals surface area (Å²) in [4.78, 5) is 0. The van der Waals surface area contributed by atoms with Crippen molar-refractivity contribution in [3.63, 3.8) is 0 Å². The molecule has 2 aliphatic rings. The third kappa shape index (κ3) is 1.94. The highest BCUT2D eigenvalue weighted by Crippen LogP contribution is 2.40. The van der Waals surface area contributed by atoms with Crippen LogP contribution >= 0.6 is 0 Å². The molecule has 1 heterocycles. The molecule has 82 valence electrons. The van der Waals surface area contributed by atoms with E-state index in [0.717, 1.165) is 19.3 Å². The molecule has 2 fully saturated rings. The van der Waals surface area contributed by atoms with E-state index in [1.807, 2.05) is 6.92 Å². The SMILES string of the molecule is CCCOS(=O)(=O)C1CCCC2OC21. The van der Waals surface area contributed by atoms with Gasteiger partial charge in [-0.15, -0.1) is 0 Å². The Labute approximate surface area is 84.7 Å². The highest BCUT2D eigenvalue weighted by Gasteiger charge is 2.52. The fourth-order valence-corrected chi connectivity index (χ4v) is 3.59. The molecule has 0 radical (unpaired) electrons. The number of rotatable bonds is 4. The van der Waals surface area contributed by atoms with Crippen LogP contribution in [-0.2, 0) is 19.0 Å². The Bertz CT molecular complexity index is 298. The maximum atomic E-state index is 11.7. The van der Waals surface area contributed by atoms with E-state index < -0.39 is 15.4 Å². The quantitative estimate of drug-likeness (QED) is 0.525. The van der Waals surface area contributed by atoms with Crippen LogP contribution in [0.1, 0.15) is 32.6 Å². The van der Waals surface area contributed by atoms with Crippen LogP contribution in [0.5, 0.6) is 0 Å². The van der Waals surface area contributed by atoms with Crippen molar-refractivity contribution < 1.29 is 17.3 Å². The van der Waals surface area contributed by atoms with Crippen molar-refractivity contribution >= 4 is 10.1 Å². The Hall–Kier alpha value is -0.130. The lowest BCUT2D eigenvalue weighted by atomic mass is 10.0. The van der Waals surface area contributed by atoms with E-state index in [-0.39, 0.29) is 18.8 Å². The van der Waals surface area contributed by atoms with Gasteiger partial charge in [0.1, 0.15) is 11.4 Å². The molecule has 14 heavy (non-hydrogen) atoms. The predicted octanol–water partition coefficient (Wildman–Crippen LogP) is 1.06. The lowest BCUT2D eigenvalue weighted by Gasteiger charge is -2.17. The van der Waals surface area contributed by atoms with Crippen LogP contribution in [0.25, 0.3) is 0 Å². The van der Waals surface area contributed by atoms with Gasteiger partial charge in [-0.2, -0.15) is 8.42 Å². The first-order valence-electron chi connectivity index (χ1n) is 5.19. The zero-order valence-corrected chi connectivity index (χ0v) is 9.13. The lowest BCUT2D eigenvalue weighted by Crippen LogP contribution is -2.32. The van der Waals surface area contributed by atoms with Gasteiger partial charge in [0.25, 0.3) is 10.1 Å². The molecule has 0 bridgehead atoms. The average Bonchev–Trinajstić information content (AvgIpc) is 2.92. The third-order valence-electron chi connectivity index (χ3n) is 2.79. The molecule has 3 unspecified atom stereocenters. The minimum atomic E-state index is -3.38. The maximum absolute atomic E-state index is 11.7. The molecule has 4 nitrogen and oxygen atoms in total. The Morgan fingerprint density at radius 2 is 2.21 bits per heavy atom. The highest BCUT2D eigenvalue weighted by atomic mass is 32.2. The van der Waals surface area contributed by atoms with E-state index in [1.54, 1.807) is 0 Å². The Morgan fingerprint density at radius 3 is 2.93 bits per heavy atom. The summed E-state index contributed by atoms with van der Waals surface area (Å²) in [5.41, 5.74) is 0. The van der Waals surface area contributed by atoms with Crippen LogP contribution in [0.4, 0.5) is 0 Å². The highest BCUT2D eigenvalue weighted by molar-refractivity contribution is 7.87. The van der Waals surface area contributed by atoms with Gasteiger partial charge in [-0.1, -0.05) is 6.92 Å². The fourth-order valence-electron chi connectivity index (χ4n) is 2.00. The number of hydrogen-bond acceptors (Lipinski definition) is 4. The standard InChI is InChI=1S/C9H16O4S/c1-2-6-12-14(10,11)8-5-3-4-7-9(8)13-7/h7-9H,2-6H2,1H3. The number of hydrogen-bond donors (Lipinski definition) is 0. The molecule has 1 aliphatic heterocycles. The van der Waals surface area contributed by atoms with E-state index in [2.05, 4.69) is 0 Å². The number of epoxide rings is 1. The van der Waals surface area contributed by atoms with Gasteiger partial charge in [0.05, 0.1) is 12.7 Å². The van der Waals surface area contributed by atoms with Crippen LogP contribution in [0.3, 0.4) is 0 Å². The van der Waals surface area contributed by atoms with E-state index >= 15 is 0 Å². The summed E-state index contributed by atoms with van der Waals surface area (Å²) in [6.07, 6.45) is 3.46. The lowest BCUT2D eigenvalue weighted by molar-refractivity contribution is 0.300. The molecule has 0 aromatic rings. The minimum absolute atomic E-state index is 0.0781. The molecule has 0 aromatic carbocycles. The van der Waals surface area contributed by atoms with E-state index in [0.29, 0.717) is 6.42 Å². The minimum Gasteiger partial charge on any atom is -0.368 e. The molecule has 0 aromatic heterocycles. The largest absolute Gasteiger partial charge is 0.368 e. The zero-order chi connectivity index (χ0) is 10.2. The molecule has 1 saturated heterocycles. The molecule has 1 aliphatic carbocycles. The van der Waals surface area contributed by atoms with Crippen LogP contribution in [0.2, 0.25) is 0 Å². The summed E-state index contributed by atoms with van der Waals surface area (Å²) in [5.74, 6) is 0. The Kier molecular flexibility index (Phi) is 2.81. The van der Waals surface area contributed by atoms with Gasteiger partial charge < -0.3 is 4.74 Å². The van der Waals surface area contributed by atoms with Gasteiger partial charge in [0.2, 0.25) is 0 Å². The maximum Gasteiger partial charge on any atom is 0.272 e. The first-order chi connectivity index (χ1) is 6.65. The monoisotopic (exact) mass is 220 g/mol. The van der Waals surface area contributed by atoms with E-state index in [9.17, 15) is 8.42 Å². The van der Waals surface area contributed by atoms with Crippen molar-refractivity contribution in [3.05, 3.63) is 0 Å². The first kappa shape index (κ1) is 10.4. The van der Waals surface area contributed by atoms with Crippen LogP contribution in [-0.4, -0.2) is 32.5 Å². The van der Waals surface area contributed by atoms with Crippen molar-refractivity contribution in [1.82, 2.24) is 0 Å². The normalized spacial score (nSPS) is 36.5. The number of ether oxygens (including phenoxy) is 1. The average molecular weight is 220 g/mol. The van der Waals surface area contributed by atoms with Crippen molar-refractivity contribution in [2.45, 2.75) is 50.1 Å². The smallest absolute Gasteiger partial charge is 0.272 e. The number of fused-ring (bicyclic) bond motifs is 1. The molecule has 0 spiro atoms. The molecule has 0 amide bonds. The molecular formula is C9H16O4S. The van der Waals surface area contributed by atoms with Gasteiger partial charge in [-0.3, -0.25) is 4.18 Å². The van der Waals surface area contributed by atoms with Crippen molar-refractivity contribution in [2.24, 2.45) is 0 Å². The van der Waals surface area contributed by atoms with Gasteiger partial charge in [0.15, 0.2) is 0 Å². The van der Waals surface area contributed by atoms with Gasteiger partial charge in [0, 0.05) is 0 Å². The molecular weight excluding hydrogens is 204 g/mol. The van der Waals surface area contributed by atoms with Crippen molar-refractivity contribution in [3.8, 4) is 0 Å². The second kappa shape index (κ2) is 3.79. The van der Waals surface area contributed by atoms with Gasteiger partial charge >= 0.3 is 0 Å². The molecule has 5 heteroatoms. The summed E-state index contributed by atoms with van der Waals surface area (Å²) in [6.45, 7) is 2.18. The van der Waals surface area contributed by atoms with Crippen LogP contribution < -0.4 is 0 Å². The van der Waals surface area contributed by atoms with E-state index in [1.165, 1.54) is 0 Å². The summed E-state index contributed by atoms with van der Waals surface area (Å²) >= 11 is 0. The first-order valence-corrected chi connectivity index (χ1v) is 6.66.